The average Bonchev–Trinajstić information content (AvgIpc) is 2.69. The first-order valence-electron chi connectivity index (χ1n) is 8.85. The van der Waals surface area contributed by atoms with Gasteiger partial charge in [0.15, 0.2) is 0 Å². The van der Waals surface area contributed by atoms with Crippen LogP contribution >= 0.6 is 0 Å². The summed E-state index contributed by atoms with van der Waals surface area (Å²) in [5.41, 5.74) is 1.93. The molecule has 1 N–H and O–H groups in total. The first-order valence-corrected chi connectivity index (χ1v) is 8.85. The maximum Gasteiger partial charge on any atom is 0.227 e. The molecule has 138 valence electrons. The van der Waals surface area contributed by atoms with E-state index in [2.05, 4.69) is 15.2 Å². The van der Waals surface area contributed by atoms with Crippen molar-refractivity contribution in [1.82, 2.24) is 14.9 Å². The number of methoxy groups -OCH3 is 1. The molecule has 0 spiro atoms. The van der Waals surface area contributed by atoms with E-state index in [-0.39, 0.29) is 5.91 Å². The number of rotatable bonds is 6. The van der Waals surface area contributed by atoms with Crippen molar-refractivity contribution in [2.45, 2.75) is 6.92 Å². The van der Waals surface area contributed by atoms with Crippen molar-refractivity contribution in [1.29, 1.82) is 0 Å². The number of benzene rings is 1. The second kappa shape index (κ2) is 8.62. The van der Waals surface area contributed by atoms with E-state index in [0.717, 1.165) is 30.2 Å². The second-order valence-electron chi connectivity index (χ2n) is 6.22. The molecule has 0 unspecified atom stereocenters. The molecule has 26 heavy (non-hydrogen) atoms. The van der Waals surface area contributed by atoms with Crippen molar-refractivity contribution in [3.63, 3.8) is 0 Å². The van der Waals surface area contributed by atoms with Crippen LogP contribution in [-0.2, 0) is 9.53 Å². The summed E-state index contributed by atoms with van der Waals surface area (Å²) < 4.78 is 5.11. The van der Waals surface area contributed by atoms with Gasteiger partial charge < -0.3 is 19.9 Å². The fourth-order valence-electron chi connectivity index (χ4n) is 2.93. The number of nitrogens with zero attached hydrogens (tertiary/aromatic N) is 4. The van der Waals surface area contributed by atoms with Crippen molar-refractivity contribution in [3.05, 3.63) is 36.4 Å². The summed E-state index contributed by atoms with van der Waals surface area (Å²) in [5, 5.41) is 3.29. The lowest BCUT2D eigenvalue weighted by Gasteiger charge is -2.34. The van der Waals surface area contributed by atoms with Crippen LogP contribution in [0.25, 0.3) is 11.3 Å². The van der Waals surface area contributed by atoms with E-state index in [0.29, 0.717) is 32.2 Å². The van der Waals surface area contributed by atoms with Crippen LogP contribution in [0.3, 0.4) is 0 Å². The molecule has 1 aliphatic heterocycles. The third kappa shape index (κ3) is 4.49. The zero-order valence-corrected chi connectivity index (χ0v) is 15.3. The quantitative estimate of drug-likeness (QED) is 0.798. The number of anilines is 2. The minimum Gasteiger partial charge on any atom is -0.383 e. The van der Waals surface area contributed by atoms with Crippen LogP contribution in [0, 0.1) is 0 Å². The predicted molar refractivity (Wildman–Crippen MR) is 102 cm³/mol. The highest BCUT2D eigenvalue weighted by Gasteiger charge is 2.21. The third-order valence-electron chi connectivity index (χ3n) is 4.40. The van der Waals surface area contributed by atoms with Gasteiger partial charge in [-0.15, -0.1) is 0 Å². The summed E-state index contributed by atoms with van der Waals surface area (Å²) in [5.74, 6) is 1.58. The number of hydrogen-bond acceptors (Lipinski definition) is 6. The van der Waals surface area contributed by atoms with Crippen molar-refractivity contribution in [2.75, 3.05) is 56.7 Å². The summed E-state index contributed by atoms with van der Waals surface area (Å²) in [6, 6.07) is 12.0. The fourth-order valence-corrected chi connectivity index (χ4v) is 2.93. The Morgan fingerprint density at radius 3 is 2.54 bits per heavy atom. The van der Waals surface area contributed by atoms with Crippen LogP contribution < -0.4 is 10.2 Å². The highest BCUT2D eigenvalue weighted by Crippen LogP contribution is 2.23. The summed E-state index contributed by atoms with van der Waals surface area (Å²) in [6.07, 6.45) is 0. The number of piperazine rings is 1. The van der Waals surface area contributed by atoms with Crippen molar-refractivity contribution in [3.8, 4) is 11.3 Å². The molecule has 0 radical (unpaired) electrons. The van der Waals surface area contributed by atoms with Gasteiger partial charge >= 0.3 is 0 Å². The van der Waals surface area contributed by atoms with Gasteiger partial charge in [-0.3, -0.25) is 4.79 Å². The molecular formula is C19H25N5O2. The predicted octanol–water partition coefficient (Wildman–Crippen LogP) is 1.87. The molecule has 1 saturated heterocycles. The minimum absolute atomic E-state index is 0.116. The maximum absolute atomic E-state index is 11.5. The van der Waals surface area contributed by atoms with Gasteiger partial charge in [-0.2, -0.15) is 4.98 Å². The van der Waals surface area contributed by atoms with Crippen LogP contribution in [0.2, 0.25) is 0 Å². The van der Waals surface area contributed by atoms with E-state index in [4.69, 9.17) is 9.72 Å². The van der Waals surface area contributed by atoms with E-state index in [1.807, 2.05) is 41.3 Å². The van der Waals surface area contributed by atoms with E-state index in [1.165, 1.54) is 0 Å². The van der Waals surface area contributed by atoms with Crippen LogP contribution in [0.15, 0.2) is 36.4 Å². The number of hydrogen-bond donors (Lipinski definition) is 1. The Bertz CT molecular complexity index is 730. The van der Waals surface area contributed by atoms with E-state index in [9.17, 15) is 4.79 Å². The number of ether oxygens (including phenoxy) is 1. The topological polar surface area (TPSA) is 70.6 Å². The summed E-state index contributed by atoms with van der Waals surface area (Å²) in [6.45, 7) is 5.75. The molecule has 1 aromatic carbocycles. The number of amides is 1. The molecule has 0 bridgehead atoms. The highest BCUT2D eigenvalue weighted by atomic mass is 16.5. The summed E-state index contributed by atoms with van der Waals surface area (Å²) in [7, 11) is 1.68. The van der Waals surface area contributed by atoms with Crippen LogP contribution in [0.5, 0.6) is 0 Å². The lowest BCUT2D eigenvalue weighted by Crippen LogP contribution is -2.48. The monoisotopic (exact) mass is 355 g/mol. The SMILES string of the molecule is COCCNc1cc(-c2ccccc2)nc(N2CCN(C(C)=O)CC2)n1. The van der Waals surface area contributed by atoms with E-state index < -0.39 is 0 Å². The molecule has 1 aliphatic rings. The van der Waals surface area contributed by atoms with Gasteiger partial charge in [0.1, 0.15) is 5.82 Å². The fraction of sp³-hybridized carbons (Fsp3) is 0.421. The van der Waals surface area contributed by atoms with Gasteiger partial charge in [-0.1, -0.05) is 30.3 Å². The Balaban J connectivity index is 1.84. The molecule has 0 saturated carbocycles. The number of nitrogens with one attached hydrogen (secondary N) is 1. The van der Waals surface area contributed by atoms with E-state index in [1.54, 1.807) is 14.0 Å². The molecular weight excluding hydrogens is 330 g/mol. The lowest BCUT2D eigenvalue weighted by atomic mass is 10.1. The van der Waals surface area contributed by atoms with Gasteiger partial charge in [-0.05, 0) is 0 Å². The third-order valence-corrected chi connectivity index (χ3v) is 4.40. The Kier molecular flexibility index (Phi) is 6.01. The van der Waals surface area contributed by atoms with Crippen molar-refractivity contribution < 1.29 is 9.53 Å². The molecule has 7 nitrogen and oxygen atoms in total. The zero-order valence-electron chi connectivity index (χ0n) is 15.3. The first kappa shape index (κ1) is 18.1. The highest BCUT2D eigenvalue weighted by molar-refractivity contribution is 5.73. The largest absolute Gasteiger partial charge is 0.383 e. The molecule has 1 fully saturated rings. The van der Waals surface area contributed by atoms with Gasteiger partial charge in [0.2, 0.25) is 11.9 Å². The zero-order chi connectivity index (χ0) is 18.4. The van der Waals surface area contributed by atoms with Crippen LogP contribution in [0.1, 0.15) is 6.92 Å². The van der Waals surface area contributed by atoms with E-state index >= 15 is 0 Å². The lowest BCUT2D eigenvalue weighted by molar-refractivity contribution is -0.129. The van der Waals surface area contributed by atoms with Crippen molar-refractivity contribution in [2.24, 2.45) is 0 Å². The van der Waals surface area contributed by atoms with Gasteiger partial charge in [0, 0.05) is 58.4 Å². The molecule has 1 aromatic heterocycles. The molecule has 7 heteroatoms. The Morgan fingerprint density at radius 2 is 1.88 bits per heavy atom. The Labute approximate surface area is 154 Å². The molecule has 1 amide bonds. The summed E-state index contributed by atoms with van der Waals surface area (Å²) >= 11 is 0. The van der Waals surface area contributed by atoms with Crippen molar-refractivity contribution >= 4 is 17.7 Å². The molecule has 0 atom stereocenters. The van der Waals surface area contributed by atoms with Gasteiger partial charge in [-0.25, -0.2) is 4.98 Å². The maximum atomic E-state index is 11.5. The smallest absolute Gasteiger partial charge is 0.227 e. The standard InChI is InChI=1S/C19H25N5O2/c1-15(25)23-9-11-24(12-10-23)19-21-17(16-6-4-3-5-7-16)14-18(22-19)20-8-13-26-2/h3-7,14H,8-13H2,1-2H3,(H,20,21,22). The van der Waals surface area contributed by atoms with Gasteiger partial charge in [0.05, 0.1) is 12.3 Å². The summed E-state index contributed by atoms with van der Waals surface area (Å²) in [4.78, 5) is 25.0. The Hall–Kier alpha value is -2.67. The normalized spacial score (nSPS) is 14.4. The molecule has 2 aromatic rings. The van der Waals surface area contributed by atoms with Crippen LogP contribution in [0.4, 0.5) is 11.8 Å². The Morgan fingerprint density at radius 1 is 1.15 bits per heavy atom. The second-order valence-corrected chi connectivity index (χ2v) is 6.22. The number of carbonyl (C=O) groups is 1. The first-order chi connectivity index (χ1) is 12.7. The molecule has 3 rings (SSSR count). The number of aromatic nitrogens is 2. The molecule has 2 heterocycles. The molecule has 0 aliphatic carbocycles. The van der Waals surface area contributed by atoms with Gasteiger partial charge in [0.25, 0.3) is 0 Å². The number of carbonyl (C=O) groups excluding carboxylic acids is 1. The van der Waals surface area contributed by atoms with Crippen LogP contribution in [-0.4, -0.2) is 67.2 Å². The minimum atomic E-state index is 0.116. The average molecular weight is 355 g/mol.